The van der Waals surface area contributed by atoms with E-state index in [1.807, 2.05) is 0 Å². The molecule has 0 radical (unpaired) electrons. The minimum atomic E-state index is -0.566. The average Bonchev–Trinajstić information content (AvgIpc) is 2.81. The number of methoxy groups -OCH3 is 1. The fourth-order valence-electron chi connectivity index (χ4n) is 1.40. The van der Waals surface area contributed by atoms with E-state index in [9.17, 15) is 9.18 Å². The fraction of sp³-hybridized carbons (Fsp3) is 0.182. The molecule has 7 heteroatoms. The van der Waals surface area contributed by atoms with E-state index in [0.717, 1.165) is 0 Å². The monoisotopic (exact) mass is 269 g/mol. The zero-order valence-electron chi connectivity index (χ0n) is 9.43. The number of hydrogen-bond acceptors (Lipinski definition) is 4. The Bertz CT molecular complexity index is 585. The summed E-state index contributed by atoms with van der Waals surface area (Å²) in [5, 5.41) is 7.45. The molecule has 0 bridgehead atoms. The Labute approximate surface area is 107 Å². The lowest BCUT2D eigenvalue weighted by atomic mass is 10.2. The van der Waals surface area contributed by atoms with Gasteiger partial charge in [0, 0.05) is 0 Å². The standard InChI is InChI=1S/C11H9ClFN3O2/c1-18-11(17)10-6-16(15-14-10)5-7-2-3-8(12)9(13)4-7/h2-4,6H,5H2,1H3. The van der Waals surface area contributed by atoms with Crippen LogP contribution in [0.15, 0.2) is 24.4 Å². The second kappa shape index (κ2) is 5.14. The number of carbonyl (C=O) groups is 1. The smallest absolute Gasteiger partial charge is 0.360 e. The summed E-state index contributed by atoms with van der Waals surface area (Å²) in [5.41, 5.74) is 0.769. The summed E-state index contributed by atoms with van der Waals surface area (Å²) in [6.07, 6.45) is 1.43. The fourth-order valence-corrected chi connectivity index (χ4v) is 1.52. The highest BCUT2D eigenvalue weighted by atomic mass is 35.5. The molecule has 0 fully saturated rings. The molecule has 0 atom stereocenters. The molecule has 94 valence electrons. The number of ether oxygens (including phenoxy) is 1. The van der Waals surface area contributed by atoms with Gasteiger partial charge >= 0.3 is 5.97 Å². The minimum absolute atomic E-state index is 0.0626. The predicted molar refractivity (Wildman–Crippen MR) is 61.9 cm³/mol. The molecule has 0 N–H and O–H groups in total. The number of rotatable bonds is 3. The highest BCUT2D eigenvalue weighted by Crippen LogP contribution is 2.16. The van der Waals surface area contributed by atoms with Crippen molar-refractivity contribution in [2.75, 3.05) is 7.11 Å². The molecular weight excluding hydrogens is 261 g/mol. The van der Waals surface area contributed by atoms with Crippen LogP contribution in [0.2, 0.25) is 5.02 Å². The van der Waals surface area contributed by atoms with Crippen molar-refractivity contribution in [2.24, 2.45) is 0 Å². The van der Waals surface area contributed by atoms with Crippen LogP contribution in [0.3, 0.4) is 0 Å². The number of carbonyl (C=O) groups excluding carboxylic acids is 1. The molecular formula is C11H9ClFN3O2. The summed E-state index contributed by atoms with van der Waals surface area (Å²) in [5.74, 6) is -1.06. The molecule has 1 aromatic carbocycles. The van der Waals surface area contributed by atoms with Crippen molar-refractivity contribution in [1.82, 2.24) is 15.0 Å². The van der Waals surface area contributed by atoms with Gasteiger partial charge < -0.3 is 4.74 Å². The summed E-state index contributed by atoms with van der Waals surface area (Å²) in [6.45, 7) is 0.290. The molecule has 0 saturated heterocycles. The zero-order valence-corrected chi connectivity index (χ0v) is 10.2. The summed E-state index contributed by atoms with van der Waals surface area (Å²) in [6, 6.07) is 4.44. The minimum Gasteiger partial charge on any atom is -0.464 e. The van der Waals surface area contributed by atoms with Gasteiger partial charge in [-0.1, -0.05) is 22.9 Å². The summed E-state index contributed by atoms with van der Waals surface area (Å²) < 4.78 is 19.1. The van der Waals surface area contributed by atoms with E-state index in [4.69, 9.17) is 11.6 Å². The zero-order chi connectivity index (χ0) is 13.1. The first kappa shape index (κ1) is 12.5. The molecule has 18 heavy (non-hydrogen) atoms. The number of halogens is 2. The summed E-state index contributed by atoms with van der Waals surface area (Å²) >= 11 is 5.58. The van der Waals surface area contributed by atoms with E-state index < -0.39 is 11.8 Å². The molecule has 0 aliphatic rings. The molecule has 0 saturated carbocycles. The lowest BCUT2D eigenvalue weighted by Gasteiger charge is -2.01. The van der Waals surface area contributed by atoms with Crippen LogP contribution in [-0.2, 0) is 11.3 Å². The van der Waals surface area contributed by atoms with Crippen molar-refractivity contribution in [3.8, 4) is 0 Å². The van der Waals surface area contributed by atoms with Crippen molar-refractivity contribution in [3.63, 3.8) is 0 Å². The Morgan fingerprint density at radius 1 is 1.56 bits per heavy atom. The SMILES string of the molecule is COC(=O)c1cn(Cc2ccc(Cl)c(F)c2)nn1. The average molecular weight is 270 g/mol. The molecule has 2 rings (SSSR count). The van der Waals surface area contributed by atoms with Gasteiger partial charge in [0.2, 0.25) is 0 Å². The second-order valence-corrected chi connectivity index (χ2v) is 3.95. The van der Waals surface area contributed by atoms with Gasteiger partial charge in [-0.25, -0.2) is 13.9 Å². The Morgan fingerprint density at radius 2 is 2.33 bits per heavy atom. The maximum Gasteiger partial charge on any atom is 0.360 e. The van der Waals surface area contributed by atoms with Crippen molar-refractivity contribution >= 4 is 17.6 Å². The topological polar surface area (TPSA) is 57.0 Å². The molecule has 0 spiro atoms. The molecule has 2 aromatic rings. The highest BCUT2D eigenvalue weighted by molar-refractivity contribution is 6.30. The van der Waals surface area contributed by atoms with E-state index >= 15 is 0 Å². The van der Waals surface area contributed by atoms with Gasteiger partial charge in [0.25, 0.3) is 0 Å². The van der Waals surface area contributed by atoms with Crippen LogP contribution in [0.25, 0.3) is 0 Å². The first-order valence-electron chi connectivity index (χ1n) is 5.02. The van der Waals surface area contributed by atoms with Gasteiger partial charge in [-0.05, 0) is 17.7 Å². The summed E-state index contributed by atoms with van der Waals surface area (Å²) in [4.78, 5) is 11.2. The number of nitrogens with zero attached hydrogens (tertiary/aromatic N) is 3. The Balaban J connectivity index is 2.16. The van der Waals surface area contributed by atoms with Gasteiger partial charge in [-0.3, -0.25) is 0 Å². The molecule has 5 nitrogen and oxygen atoms in total. The maximum absolute atomic E-state index is 13.2. The number of aromatic nitrogens is 3. The lowest BCUT2D eigenvalue weighted by Crippen LogP contribution is -2.02. The maximum atomic E-state index is 13.2. The van der Waals surface area contributed by atoms with E-state index in [0.29, 0.717) is 5.56 Å². The number of benzene rings is 1. The lowest BCUT2D eigenvalue weighted by molar-refractivity contribution is 0.0594. The van der Waals surface area contributed by atoms with Crippen LogP contribution < -0.4 is 0 Å². The van der Waals surface area contributed by atoms with Crippen LogP contribution >= 0.6 is 11.6 Å². The third kappa shape index (κ3) is 2.65. The largest absolute Gasteiger partial charge is 0.464 e. The van der Waals surface area contributed by atoms with Crippen LogP contribution in [-0.4, -0.2) is 28.1 Å². The van der Waals surface area contributed by atoms with Gasteiger partial charge in [-0.15, -0.1) is 5.10 Å². The Hall–Kier alpha value is -1.95. The van der Waals surface area contributed by atoms with Gasteiger partial charge in [-0.2, -0.15) is 0 Å². The van der Waals surface area contributed by atoms with Gasteiger partial charge in [0.15, 0.2) is 5.69 Å². The molecule has 0 aliphatic carbocycles. The molecule has 1 heterocycles. The van der Waals surface area contributed by atoms with E-state index in [-0.39, 0.29) is 17.3 Å². The van der Waals surface area contributed by atoms with Crippen LogP contribution in [0.1, 0.15) is 16.1 Å². The number of hydrogen-bond donors (Lipinski definition) is 0. The van der Waals surface area contributed by atoms with Crippen LogP contribution in [0, 0.1) is 5.82 Å². The van der Waals surface area contributed by atoms with Crippen molar-refractivity contribution in [2.45, 2.75) is 6.54 Å². The van der Waals surface area contributed by atoms with Crippen molar-refractivity contribution in [1.29, 1.82) is 0 Å². The molecule has 0 aliphatic heterocycles. The first-order chi connectivity index (χ1) is 8.60. The number of esters is 1. The molecule has 0 amide bonds. The van der Waals surface area contributed by atoms with E-state index in [1.165, 1.54) is 30.1 Å². The Kier molecular flexibility index (Phi) is 3.57. The predicted octanol–water partition coefficient (Wildman–Crippen LogP) is 1.91. The normalized spacial score (nSPS) is 10.4. The second-order valence-electron chi connectivity index (χ2n) is 3.54. The van der Waals surface area contributed by atoms with Gasteiger partial charge in [0.05, 0.1) is 24.9 Å². The van der Waals surface area contributed by atoms with Crippen molar-refractivity contribution < 1.29 is 13.9 Å². The third-order valence-electron chi connectivity index (χ3n) is 2.26. The van der Waals surface area contributed by atoms with Gasteiger partial charge in [0.1, 0.15) is 5.82 Å². The quantitative estimate of drug-likeness (QED) is 0.799. The highest BCUT2D eigenvalue weighted by Gasteiger charge is 2.11. The first-order valence-corrected chi connectivity index (χ1v) is 5.40. The van der Waals surface area contributed by atoms with Crippen LogP contribution in [0.5, 0.6) is 0 Å². The molecule has 1 aromatic heterocycles. The van der Waals surface area contributed by atoms with Crippen molar-refractivity contribution in [3.05, 3.63) is 46.5 Å². The molecule has 0 unspecified atom stereocenters. The van der Waals surface area contributed by atoms with Crippen LogP contribution in [0.4, 0.5) is 4.39 Å². The van der Waals surface area contributed by atoms with E-state index in [2.05, 4.69) is 15.0 Å². The Morgan fingerprint density at radius 3 is 3.00 bits per heavy atom. The van der Waals surface area contributed by atoms with E-state index in [1.54, 1.807) is 6.07 Å². The third-order valence-corrected chi connectivity index (χ3v) is 2.57. The summed E-state index contributed by atoms with van der Waals surface area (Å²) in [7, 11) is 1.26.